The highest BCUT2D eigenvalue weighted by atomic mass is 32.2. The number of aromatic amines is 1. The molecule has 0 bridgehead atoms. The molecule has 0 spiro atoms. The molecular weight excluding hydrogens is 362 g/mol. The number of ether oxygens (including phenoxy) is 1. The number of aliphatic hydroxyl groups excluding tert-OH is 1. The highest BCUT2D eigenvalue weighted by molar-refractivity contribution is 7.92. The van der Waals surface area contributed by atoms with Gasteiger partial charge in [-0.2, -0.15) is 0 Å². The average Bonchev–Trinajstić information content (AvgIpc) is 2.92. The molecule has 26 heavy (non-hydrogen) atoms. The number of sulfone groups is 1. The third kappa shape index (κ3) is 3.12. The van der Waals surface area contributed by atoms with Gasteiger partial charge in [0, 0.05) is 12.3 Å². The summed E-state index contributed by atoms with van der Waals surface area (Å²) in [6.07, 6.45) is -1.07. The van der Waals surface area contributed by atoms with Crippen LogP contribution in [-0.4, -0.2) is 47.1 Å². The molecule has 0 radical (unpaired) electrons. The van der Waals surface area contributed by atoms with Crippen LogP contribution in [0.15, 0.2) is 51.0 Å². The number of rotatable bonds is 4. The van der Waals surface area contributed by atoms with Crippen molar-refractivity contribution in [2.75, 3.05) is 6.61 Å². The van der Waals surface area contributed by atoms with Gasteiger partial charge in [0.05, 0.1) is 17.5 Å². The van der Waals surface area contributed by atoms with Gasteiger partial charge in [-0.3, -0.25) is 14.3 Å². The SMILES string of the molecule is Cc1ccc(S(=O)(=O)[C@@H]2[C@@H](N)[C@H](n3ccc(=O)[nH]c3=O)O[C@@H]2CO)cc1. The van der Waals surface area contributed by atoms with Crippen LogP contribution in [0.4, 0.5) is 0 Å². The number of nitrogens with one attached hydrogen (secondary N) is 1. The first-order chi connectivity index (χ1) is 12.3. The number of aryl methyl sites for hydroxylation is 1. The molecule has 0 unspecified atom stereocenters. The summed E-state index contributed by atoms with van der Waals surface area (Å²) < 4.78 is 32.6. The Labute approximate surface area is 149 Å². The highest BCUT2D eigenvalue weighted by Gasteiger charge is 2.50. The van der Waals surface area contributed by atoms with Crippen molar-refractivity contribution in [1.29, 1.82) is 0 Å². The van der Waals surface area contributed by atoms with E-state index in [1.54, 1.807) is 12.1 Å². The largest absolute Gasteiger partial charge is 0.394 e. The Morgan fingerprint density at radius 3 is 2.46 bits per heavy atom. The van der Waals surface area contributed by atoms with E-state index in [4.69, 9.17) is 10.5 Å². The molecule has 1 saturated heterocycles. The van der Waals surface area contributed by atoms with E-state index in [1.165, 1.54) is 18.3 Å². The third-order valence-electron chi connectivity index (χ3n) is 4.40. The van der Waals surface area contributed by atoms with Gasteiger partial charge in [0.25, 0.3) is 5.56 Å². The Morgan fingerprint density at radius 1 is 1.23 bits per heavy atom. The van der Waals surface area contributed by atoms with Gasteiger partial charge in [0.15, 0.2) is 16.1 Å². The molecule has 1 aliphatic heterocycles. The number of nitrogens with zero attached hydrogens (tertiary/aromatic N) is 1. The summed E-state index contributed by atoms with van der Waals surface area (Å²) in [7, 11) is -3.93. The smallest absolute Gasteiger partial charge is 0.330 e. The lowest BCUT2D eigenvalue weighted by molar-refractivity contribution is -0.0275. The topological polar surface area (TPSA) is 144 Å². The minimum absolute atomic E-state index is 0.0556. The zero-order chi connectivity index (χ0) is 19.1. The molecule has 4 N–H and O–H groups in total. The lowest BCUT2D eigenvalue weighted by Crippen LogP contribution is -2.46. The van der Waals surface area contributed by atoms with Crippen molar-refractivity contribution in [3.05, 3.63) is 62.9 Å². The molecule has 10 heteroatoms. The quantitative estimate of drug-likeness (QED) is 0.610. The Balaban J connectivity index is 2.03. The van der Waals surface area contributed by atoms with Gasteiger partial charge < -0.3 is 15.6 Å². The number of hydrogen-bond acceptors (Lipinski definition) is 7. The van der Waals surface area contributed by atoms with Crippen molar-refractivity contribution < 1.29 is 18.3 Å². The summed E-state index contributed by atoms with van der Waals surface area (Å²) in [5.41, 5.74) is 5.64. The maximum atomic E-state index is 13.0. The Kier molecular flexibility index (Phi) is 4.84. The van der Waals surface area contributed by atoms with Crippen molar-refractivity contribution in [3.8, 4) is 0 Å². The lowest BCUT2D eigenvalue weighted by Gasteiger charge is -2.21. The first-order valence-corrected chi connectivity index (χ1v) is 9.44. The second kappa shape index (κ2) is 6.80. The Morgan fingerprint density at radius 2 is 1.88 bits per heavy atom. The standard InChI is InChI=1S/C16H19N3O6S/c1-9-2-4-10(5-3-9)26(23,24)14-11(8-20)25-15(13(14)17)19-7-6-12(21)18-16(19)22/h2-7,11,13-15,20H,8,17H2,1H3,(H,18,21,22)/t11-,13-,14+,15-/m1/s1. The molecular formula is C16H19N3O6S. The summed E-state index contributed by atoms with van der Waals surface area (Å²) in [5, 5.41) is 8.35. The van der Waals surface area contributed by atoms with E-state index in [9.17, 15) is 23.1 Å². The molecule has 0 saturated carbocycles. The fraction of sp³-hybridized carbons (Fsp3) is 0.375. The summed E-state index contributed by atoms with van der Waals surface area (Å²) in [6, 6.07) is 6.23. The highest BCUT2D eigenvalue weighted by Crippen LogP contribution is 2.34. The van der Waals surface area contributed by atoms with Crippen LogP contribution < -0.4 is 17.0 Å². The Bertz CT molecular complexity index is 1010. The van der Waals surface area contributed by atoms with Gasteiger partial charge in [0.2, 0.25) is 0 Å². The van der Waals surface area contributed by atoms with Crippen LogP contribution in [0.25, 0.3) is 0 Å². The maximum Gasteiger partial charge on any atom is 0.330 e. The molecule has 1 aromatic carbocycles. The van der Waals surface area contributed by atoms with Crippen LogP contribution in [0.3, 0.4) is 0 Å². The second-order valence-corrected chi connectivity index (χ2v) is 8.27. The van der Waals surface area contributed by atoms with Crippen LogP contribution in [0.1, 0.15) is 11.8 Å². The number of aliphatic hydroxyl groups is 1. The molecule has 9 nitrogen and oxygen atoms in total. The predicted molar refractivity (Wildman–Crippen MR) is 92.4 cm³/mol. The molecule has 0 aliphatic carbocycles. The maximum absolute atomic E-state index is 13.0. The van der Waals surface area contributed by atoms with Crippen molar-refractivity contribution in [2.45, 2.75) is 35.4 Å². The predicted octanol–water partition coefficient (Wildman–Crippen LogP) is -1.10. The third-order valence-corrected chi connectivity index (χ3v) is 6.67. The van der Waals surface area contributed by atoms with Crippen molar-refractivity contribution in [1.82, 2.24) is 9.55 Å². The zero-order valence-corrected chi connectivity index (χ0v) is 14.7. The number of nitrogens with two attached hydrogens (primary N) is 1. The normalized spacial score (nSPS) is 26.1. The fourth-order valence-corrected chi connectivity index (χ4v) is 5.00. The fourth-order valence-electron chi connectivity index (χ4n) is 3.07. The summed E-state index contributed by atoms with van der Waals surface area (Å²) >= 11 is 0. The van der Waals surface area contributed by atoms with Gasteiger partial charge in [-0.25, -0.2) is 13.2 Å². The number of aromatic nitrogens is 2. The monoisotopic (exact) mass is 381 g/mol. The molecule has 3 rings (SSSR count). The van der Waals surface area contributed by atoms with E-state index >= 15 is 0 Å². The first kappa shape index (κ1) is 18.5. The molecule has 0 amide bonds. The minimum atomic E-state index is -3.93. The van der Waals surface area contributed by atoms with Crippen LogP contribution in [0, 0.1) is 6.92 Å². The average molecular weight is 381 g/mol. The molecule has 140 valence electrons. The summed E-state index contributed by atoms with van der Waals surface area (Å²) in [5.74, 6) is 0. The summed E-state index contributed by atoms with van der Waals surface area (Å²) in [6.45, 7) is 1.24. The minimum Gasteiger partial charge on any atom is -0.394 e. The number of H-pyrrole nitrogens is 1. The van der Waals surface area contributed by atoms with Crippen LogP contribution in [-0.2, 0) is 14.6 Å². The Hall–Kier alpha value is -2.27. The molecule has 1 fully saturated rings. The molecule has 1 aromatic heterocycles. The van der Waals surface area contributed by atoms with Gasteiger partial charge >= 0.3 is 5.69 Å². The van der Waals surface area contributed by atoms with E-state index < -0.39 is 51.3 Å². The van der Waals surface area contributed by atoms with E-state index in [0.717, 1.165) is 16.2 Å². The zero-order valence-electron chi connectivity index (χ0n) is 13.9. The van der Waals surface area contributed by atoms with E-state index in [1.807, 2.05) is 6.92 Å². The van der Waals surface area contributed by atoms with Crippen molar-refractivity contribution >= 4 is 9.84 Å². The van der Waals surface area contributed by atoms with Gasteiger partial charge in [-0.1, -0.05) is 17.7 Å². The van der Waals surface area contributed by atoms with Gasteiger partial charge in [0.1, 0.15) is 11.4 Å². The number of hydrogen-bond donors (Lipinski definition) is 3. The van der Waals surface area contributed by atoms with Crippen LogP contribution >= 0.6 is 0 Å². The molecule has 4 atom stereocenters. The second-order valence-electron chi connectivity index (χ2n) is 6.17. The van der Waals surface area contributed by atoms with Crippen LogP contribution in [0.2, 0.25) is 0 Å². The molecule has 1 aliphatic rings. The molecule has 2 aromatic rings. The number of benzene rings is 1. The van der Waals surface area contributed by atoms with Crippen molar-refractivity contribution in [2.24, 2.45) is 5.73 Å². The molecule has 2 heterocycles. The van der Waals surface area contributed by atoms with Crippen molar-refractivity contribution in [3.63, 3.8) is 0 Å². The van der Waals surface area contributed by atoms with Gasteiger partial charge in [-0.05, 0) is 19.1 Å². The summed E-state index contributed by atoms with van der Waals surface area (Å²) in [4.78, 5) is 25.3. The first-order valence-electron chi connectivity index (χ1n) is 7.89. The van der Waals surface area contributed by atoms with Gasteiger partial charge in [-0.15, -0.1) is 0 Å². The van der Waals surface area contributed by atoms with E-state index in [-0.39, 0.29) is 4.90 Å². The van der Waals surface area contributed by atoms with Crippen LogP contribution in [0.5, 0.6) is 0 Å². The lowest BCUT2D eigenvalue weighted by atomic mass is 10.1. The van der Waals surface area contributed by atoms with E-state index in [0.29, 0.717) is 0 Å². The van der Waals surface area contributed by atoms with E-state index in [2.05, 4.69) is 4.98 Å².